The van der Waals surface area contributed by atoms with E-state index in [-0.39, 0.29) is 6.04 Å². The first kappa shape index (κ1) is 14.8. The molecule has 2 aliphatic heterocycles. The summed E-state index contributed by atoms with van der Waals surface area (Å²) in [5.41, 5.74) is 3.74. The van der Waals surface area contributed by atoms with Crippen LogP contribution in [0.15, 0.2) is 65.4 Å². The van der Waals surface area contributed by atoms with Gasteiger partial charge in [0.15, 0.2) is 11.7 Å². The molecular formula is C18H16N8. The zero-order valence-electron chi connectivity index (χ0n) is 14.1. The topological polar surface area (TPSA) is 83.6 Å². The molecule has 1 N–H and O–H groups in total. The van der Waals surface area contributed by atoms with Crippen molar-refractivity contribution in [3.63, 3.8) is 0 Å². The minimum absolute atomic E-state index is 0.143. The maximum Gasteiger partial charge on any atom is 0.173 e. The van der Waals surface area contributed by atoms with E-state index < -0.39 is 0 Å². The zero-order valence-corrected chi connectivity index (χ0v) is 14.1. The molecule has 4 heterocycles. The molecule has 1 atom stereocenters. The van der Waals surface area contributed by atoms with Crippen molar-refractivity contribution in [1.82, 2.24) is 24.6 Å². The van der Waals surface area contributed by atoms with Gasteiger partial charge in [0.1, 0.15) is 0 Å². The van der Waals surface area contributed by atoms with E-state index in [1.807, 2.05) is 48.5 Å². The molecule has 3 aromatic rings. The SMILES string of the molecule is Cn1cc(C2CN=C3C(Nc4ccc5nccnc5c4)=NC=CN32)cn1. The van der Waals surface area contributed by atoms with E-state index in [4.69, 9.17) is 4.99 Å². The lowest BCUT2D eigenvalue weighted by Gasteiger charge is -2.26. The minimum Gasteiger partial charge on any atom is -0.337 e. The van der Waals surface area contributed by atoms with Gasteiger partial charge in [-0.25, -0.2) is 4.99 Å². The number of nitrogens with one attached hydrogen (secondary N) is 1. The highest BCUT2D eigenvalue weighted by molar-refractivity contribution is 6.45. The molecular weight excluding hydrogens is 328 g/mol. The number of amidine groups is 2. The highest BCUT2D eigenvalue weighted by Gasteiger charge is 2.32. The lowest BCUT2D eigenvalue weighted by Crippen LogP contribution is -2.37. The van der Waals surface area contributed by atoms with Gasteiger partial charge in [-0.05, 0) is 18.2 Å². The van der Waals surface area contributed by atoms with Crippen LogP contribution in [0.5, 0.6) is 0 Å². The van der Waals surface area contributed by atoms with Crippen LogP contribution in [-0.2, 0) is 7.05 Å². The Hall–Kier alpha value is -3.55. The molecule has 8 heteroatoms. The largest absolute Gasteiger partial charge is 0.337 e. The first-order valence-corrected chi connectivity index (χ1v) is 8.32. The Balaban J connectivity index is 1.41. The lowest BCUT2D eigenvalue weighted by molar-refractivity contribution is 0.458. The summed E-state index contributed by atoms with van der Waals surface area (Å²) in [5.74, 6) is 1.56. The number of fused-ring (bicyclic) bond motifs is 2. The first-order chi connectivity index (χ1) is 12.8. The predicted octanol–water partition coefficient (Wildman–Crippen LogP) is 2.11. The quantitative estimate of drug-likeness (QED) is 0.770. The van der Waals surface area contributed by atoms with Gasteiger partial charge in [0.05, 0.1) is 29.8 Å². The third-order valence-corrected chi connectivity index (χ3v) is 4.48. The van der Waals surface area contributed by atoms with Gasteiger partial charge in [0, 0.05) is 49.3 Å². The summed E-state index contributed by atoms with van der Waals surface area (Å²) in [6, 6.07) is 6.01. The summed E-state index contributed by atoms with van der Waals surface area (Å²) in [6.45, 7) is 0.676. The highest BCUT2D eigenvalue weighted by Crippen LogP contribution is 2.29. The Labute approximate surface area is 149 Å². The van der Waals surface area contributed by atoms with Gasteiger partial charge in [0.2, 0.25) is 0 Å². The zero-order chi connectivity index (χ0) is 17.5. The smallest absolute Gasteiger partial charge is 0.173 e. The van der Waals surface area contributed by atoms with Gasteiger partial charge in [-0.15, -0.1) is 0 Å². The van der Waals surface area contributed by atoms with Crippen LogP contribution in [0.1, 0.15) is 11.6 Å². The Kier molecular flexibility index (Phi) is 3.27. The molecule has 0 saturated carbocycles. The van der Waals surface area contributed by atoms with Crippen LogP contribution in [0.4, 0.5) is 5.69 Å². The molecule has 2 aliphatic rings. The van der Waals surface area contributed by atoms with Crippen LogP contribution < -0.4 is 5.32 Å². The normalized spacial score (nSPS) is 18.7. The van der Waals surface area contributed by atoms with E-state index >= 15 is 0 Å². The van der Waals surface area contributed by atoms with Crippen LogP contribution in [0, 0.1) is 0 Å². The van der Waals surface area contributed by atoms with E-state index in [2.05, 4.69) is 30.3 Å². The van der Waals surface area contributed by atoms with E-state index in [9.17, 15) is 0 Å². The van der Waals surface area contributed by atoms with E-state index in [1.54, 1.807) is 18.6 Å². The van der Waals surface area contributed by atoms with Gasteiger partial charge in [-0.1, -0.05) is 0 Å². The van der Waals surface area contributed by atoms with E-state index in [0.29, 0.717) is 6.54 Å². The molecule has 0 spiro atoms. The van der Waals surface area contributed by atoms with Crippen LogP contribution in [0.2, 0.25) is 0 Å². The molecule has 0 aliphatic carbocycles. The average molecular weight is 344 g/mol. The fourth-order valence-electron chi connectivity index (χ4n) is 3.24. The number of benzene rings is 1. The fourth-order valence-corrected chi connectivity index (χ4v) is 3.24. The van der Waals surface area contributed by atoms with Gasteiger partial charge < -0.3 is 10.2 Å². The fraction of sp³-hybridized carbons (Fsp3) is 0.167. The number of hydrogen-bond acceptors (Lipinski definition) is 7. The molecule has 26 heavy (non-hydrogen) atoms. The predicted molar refractivity (Wildman–Crippen MR) is 99.8 cm³/mol. The third-order valence-electron chi connectivity index (χ3n) is 4.48. The van der Waals surface area contributed by atoms with Crippen molar-refractivity contribution >= 4 is 28.4 Å². The average Bonchev–Trinajstić information content (AvgIpc) is 3.28. The standard InChI is InChI=1S/C18H16N8/c1-25-11-12(9-23-25)16-10-22-18-17(21-6-7-26(16)18)24-13-2-3-14-15(8-13)20-5-4-19-14/h2-9,11,16H,10H2,1H3,(H,21,24). The van der Waals surface area contributed by atoms with Crippen LogP contribution in [0.3, 0.4) is 0 Å². The number of anilines is 1. The van der Waals surface area contributed by atoms with Crippen molar-refractivity contribution < 1.29 is 0 Å². The monoisotopic (exact) mass is 344 g/mol. The summed E-state index contributed by atoms with van der Waals surface area (Å²) in [6.07, 6.45) is 11.0. The molecule has 0 radical (unpaired) electrons. The summed E-state index contributed by atoms with van der Waals surface area (Å²) in [5, 5.41) is 7.63. The first-order valence-electron chi connectivity index (χ1n) is 8.32. The molecule has 1 unspecified atom stereocenters. The molecule has 0 bridgehead atoms. The van der Waals surface area contributed by atoms with Crippen molar-refractivity contribution in [3.05, 3.63) is 60.9 Å². The summed E-state index contributed by atoms with van der Waals surface area (Å²) in [7, 11) is 1.92. The summed E-state index contributed by atoms with van der Waals surface area (Å²) >= 11 is 0. The van der Waals surface area contributed by atoms with Crippen LogP contribution >= 0.6 is 0 Å². The minimum atomic E-state index is 0.143. The Morgan fingerprint density at radius 1 is 1.15 bits per heavy atom. The second-order valence-corrected chi connectivity index (χ2v) is 6.20. The Morgan fingerprint density at radius 3 is 2.88 bits per heavy atom. The molecule has 0 fully saturated rings. The molecule has 1 aromatic carbocycles. The van der Waals surface area contributed by atoms with Crippen molar-refractivity contribution in [1.29, 1.82) is 0 Å². The van der Waals surface area contributed by atoms with E-state index in [1.165, 1.54) is 0 Å². The van der Waals surface area contributed by atoms with Crippen LogP contribution in [-0.4, -0.2) is 42.9 Å². The number of nitrogens with zero attached hydrogens (tertiary/aromatic N) is 7. The lowest BCUT2D eigenvalue weighted by atomic mass is 10.1. The second kappa shape index (κ2) is 5.76. The highest BCUT2D eigenvalue weighted by atomic mass is 15.3. The maximum absolute atomic E-state index is 4.70. The molecule has 5 rings (SSSR count). The van der Waals surface area contributed by atoms with Gasteiger partial charge in [0.25, 0.3) is 0 Å². The van der Waals surface area contributed by atoms with Crippen molar-refractivity contribution in [2.45, 2.75) is 6.04 Å². The van der Waals surface area contributed by atoms with Crippen LogP contribution in [0.25, 0.3) is 11.0 Å². The number of aromatic nitrogens is 4. The molecule has 128 valence electrons. The molecule has 2 aromatic heterocycles. The number of aliphatic imine (C=N–C) groups is 2. The second-order valence-electron chi connectivity index (χ2n) is 6.20. The van der Waals surface area contributed by atoms with Gasteiger partial charge in [-0.2, -0.15) is 5.10 Å². The summed E-state index contributed by atoms with van der Waals surface area (Å²) < 4.78 is 1.81. The van der Waals surface area contributed by atoms with Crippen molar-refractivity contribution in [2.24, 2.45) is 17.0 Å². The van der Waals surface area contributed by atoms with Crippen molar-refractivity contribution in [3.8, 4) is 0 Å². The Bertz CT molecular complexity index is 1080. The molecule has 0 saturated heterocycles. The van der Waals surface area contributed by atoms with Crippen molar-refractivity contribution in [2.75, 3.05) is 11.9 Å². The Morgan fingerprint density at radius 2 is 2.04 bits per heavy atom. The molecule has 8 nitrogen and oxygen atoms in total. The van der Waals surface area contributed by atoms with Gasteiger partial charge in [-0.3, -0.25) is 19.6 Å². The third kappa shape index (κ3) is 2.43. The van der Waals surface area contributed by atoms with Gasteiger partial charge >= 0.3 is 0 Å². The summed E-state index contributed by atoms with van der Waals surface area (Å²) in [4.78, 5) is 20.0. The number of rotatable bonds is 2. The number of hydrogen-bond donors (Lipinski definition) is 1. The maximum atomic E-state index is 4.70. The van der Waals surface area contributed by atoms with E-state index in [0.717, 1.165) is 34.0 Å². The molecule has 0 amide bonds. The number of aryl methyl sites for hydroxylation is 1.